The number of rotatable bonds is 27. The van der Waals surface area contributed by atoms with Gasteiger partial charge in [0.2, 0.25) is 10.0 Å². The Morgan fingerprint density at radius 3 is 1.07 bits per heavy atom. The van der Waals surface area contributed by atoms with E-state index in [2.05, 4.69) is 74.9 Å². The highest BCUT2D eigenvalue weighted by atomic mass is 32.2. The van der Waals surface area contributed by atoms with Crippen molar-refractivity contribution in [1.29, 1.82) is 0 Å². The first-order chi connectivity index (χ1) is 66.5. The number of aryl methyl sites for hydroxylation is 1. The number of aromatic nitrogens is 16. The summed E-state index contributed by atoms with van der Waals surface area (Å²) in [6.45, 7) is 7.50. The molecule has 4 aliphatic carbocycles. The topological polar surface area (TPSA) is 372 Å². The number of primary amides is 1. The Bertz CT molecular complexity index is 6970. The summed E-state index contributed by atoms with van der Waals surface area (Å²) >= 11 is 0. The van der Waals surface area contributed by atoms with Gasteiger partial charge >= 0.3 is 0 Å². The van der Waals surface area contributed by atoms with Crippen LogP contribution in [0.1, 0.15) is 212 Å². The number of sulfonamides is 1. The smallest absolute Gasteiger partial charge is 0.252 e. The fourth-order valence-corrected chi connectivity index (χ4v) is 19.1. The minimum Gasteiger partial charge on any atom is -0.496 e. The van der Waals surface area contributed by atoms with Crippen LogP contribution >= 0.6 is 0 Å². The number of benzene rings is 5. The highest BCUT2D eigenvalue weighted by Gasteiger charge is 2.37. The number of hydrogen-bond donors (Lipinski definition) is 2. The molecule has 15 heterocycles. The van der Waals surface area contributed by atoms with Crippen molar-refractivity contribution >= 4 is 59.5 Å². The van der Waals surface area contributed by atoms with Gasteiger partial charge < -0.3 is 62.6 Å². The van der Waals surface area contributed by atoms with Crippen molar-refractivity contribution in [3.05, 3.63) is 228 Å². The van der Waals surface area contributed by atoms with Crippen LogP contribution in [0.15, 0.2) is 182 Å². The van der Waals surface area contributed by atoms with Gasteiger partial charge in [-0.3, -0.25) is 52.8 Å². The van der Waals surface area contributed by atoms with E-state index in [-0.39, 0.29) is 4.90 Å². The number of carbonyl (C=O) groups is 1. The second-order valence-corrected chi connectivity index (χ2v) is 38.1. The number of nitrogens with two attached hydrogens (primary N) is 2. The van der Waals surface area contributed by atoms with Crippen LogP contribution < -0.4 is 44.0 Å². The number of primary sulfonamides is 1. The molecule has 24 rings (SSSR count). The Kier molecular flexibility index (Phi) is 25.8. The fourth-order valence-electron chi connectivity index (χ4n) is 18.6. The molecular formula is C102H110N18O15S. The summed E-state index contributed by atoms with van der Waals surface area (Å²) in [5, 5.41) is 37.3. The van der Waals surface area contributed by atoms with Gasteiger partial charge in [-0.15, -0.1) is 0 Å². The van der Waals surface area contributed by atoms with Gasteiger partial charge in [-0.25, -0.2) is 13.6 Å². The van der Waals surface area contributed by atoms with E-state index in [0.29, 0.717) is 94.7 Å². The molecule has 5 aromatic carbocycles. The third-order valence-corrected chi connectivity index (χ3v) is 27.7. The fraction of sp³-hybridized carbons (Fsp3) is 0.402. The minimum atomic E-state index is -3.73. The molecule has 9 aliphatic rings. The van der Waals surface area contributed by atoms with Gasteiger partial charge in [0.1, 0.15) is 63.0 Å². The van der Waals surface area contributed by atoms with Crippen LogP contribution in [0.25, 0.3) is 54.7 Å². The number of ether oxygens (including phenoxy) is 12. The summed E-state index contributed by atoms with van der Waals surface area (Å²) in [6, 6.07) is 33.9. The summed E-state index contributed by atoms with van der Waals surface area (Å²) in [5.41, 5.74) is 19.2. The standard InChI is InChI=1S/C28H31N5O4.C26H29N5O3.C26H26N4O4S.C22H24N4O4/c1-34-26-12-24-23(11-20(26)10-18-13-30-32(14-18)22-16-36-17-22)25(4-7-29-24)37-27-15-33(21-2-3-21)31-28(27)19-5-8-35-9-6-19;1-30-15-17(14-28-30)11-19-12-21-22(13-24(19)32-2)27-8-5-23(21)34-25-16-31(20-3-4-20)29-26(25)18-6-9-33-10-7-18;27-35(31,32)21-6-1-17(2-7-21)19-3-8-22-23(15-19)28-12-9-24(22)34-25-16-30(20-4-5-20)29-26(25)18-10-13-33-14-11-18;1-28-19-11-17-15(10-16(19)22(23)27)18(4-7-24-17)30-20-12-26(14-2-3-14)25-21(20)13-5-8-29-9-6-13/h4,7,11-15,19,21-22H,2-3,5-6,8-10,16-17H2,1H3;5,8,12-16,18,20H,3-4,6-7,9-11H2,1-2H3;1-3,6-9,12,15-16,18,20H,4-5,10-11,13-14H2,(H2,27,31,32);4,7,10-14H,2-3,5-6,8-9H2,1H3,(H2,23,27). The molecule has 4 N–H and O–H groups in total. The predicted molar refractivity (Wildman–Crippen MR) is 506 cm³/mol. The lowest BCUT2D eigenvalue weighted by Gasteiger charge is -2.25. The van der Waals surface area contributed by atoms with Gasteiger partial charge in [-0.05, 0) is 203 Å². The Balaban J connectivity index is 0.000000109. The summed E-state index contributed by atoms with van der Waals surface area (Å²) in [5.74, 6) is 8.93. The largest absolute Gasteiger partial charge is 0.496 e. The first kappa shape index (κ1) is 89.3. The van der Waals surface area contributed by atoms with E-state index in [1.807, 2.05) is 101 Å². The number of amides is 1. The zero-order valence-electron chi connectivity index (χ0n) is 76.6. The molecule has 9 fully saturated rings. The third kappa shape index (κ3) is 20.1. The van der Waals surface area contributed by atoms with Crippen LogP contribution in [0.4, 0.5) is 0 Å². The van der Waals surface area contributed by atoms with Crippen LogP contribution in [0.2, 0.25) is 0 Å². The maximum atomic E-state index is 11.9. The third-order valence-electron chi connectivity index (χ3n) is 26.8. The van der Waals surface area contributed by atoms with Crippen LogP contribution in [-0.2, 0) is 53.6 Å². The molecule has 704 valence electrons. The maximum Gasteiger partial charge on any atom is 0.252 e. The van der Waals surface area contributed by atoms with Crippen molar-refractivity contribution in [3.63, 3.8) is 0 Å². The molecule has 5 saturated heterocycles. The lowest BCUT2D eigenvalue weighted by molar-refractivity contribution is -0.0286. The summed E-state index contributed by atoms with van der Waals surface area (Å²) in [6.07, 6.45) is 41.5. The predicted octanol–water partition coefficient (Wildman–Crippen LogP) is 17.9. The molecule has 0 bridgehead atoms. The molecule has 33 nitrogen and oxygen atoms in total. The van der Waals surface area contributed by atoms with Gasteiger partial charge in [0.25, 0.3) is 5.91 Å². The van der Waals surface area contributed by atoms with E-state index >= 15 is 0 Å². The van der Waals surface area contributed by atoms with E-state index < -0.39 is 15.9 Å². The van der Waals surface area contributed by atoms with Crippen LogP contribution in [0.5, 0.6) is 63.2 Å². The van der Waals surface area contributed by atoms with Gasteiger partial charge in [-0.2, -0.15) is 30.6 Å². The van der Waals surface area contributed by atoms with Crippen molar-refractivity contribution in [1.82, 2.24) is 78.6 Å². The normalized spacial score (nSPS) is 17.5. The second-order valence-electron chi connectivity index (χ2n) is 36.5. The molecule has 0 unspecified atom stereocenters. The number of methoxy groups -OCH3 is 3. The van der Waals surface area contributed by atoms with Crippen LogP contribution in [0.3, 0.4) is 0 Å². The van der Waals surface area contributed by atoms with E-state index in [1.165, 1.54) is 44.9 Å². The number of carbonyl (C=O) groups excluding carboxylic acids is 1. The molecule has 34 heteroatoms. The minimum absolute atomic E-state index is 0.0860. The van der Waals surface area contributed by atoms with E-state index in [4.69, 9.17) is 88.1 Å². The van der Waals surface area contributed by atoms with E-state index in [1.54, 1.807) is 69.3 Å². The van der Waals surface area contributed by atoms with Crippen LogP contribution in [-0.4, -0.2) is 180 Å². The van der Waals surface area contributed by atoms with Gasteiger partial charge in [0, 0.05) is 173 Å². The maximum absolute atomic E-state index is 11.9. The van der Waals surface area contributed by atoms with Crippen LogP contribution in [0, 0.1) is 0 Å². The number of fused-ring (bicyclic) bond motifs is 4. The van der Waals surface area contributed by atoms with Crippen molar-refractivity contribution in [2.75, 3.05) is 87.4 Å². The van der Waals surface area contributed by atoms with E-state index in [0.717, 1.165) is 284 Å². The SMILES string of the molecule is COc1cc2nccc(Oc3cn(C4CC4)nc3C3CCOCC3)c2cc1C(N)=O.COc1cc2nccc(Oc3cn(C4CC4)nc3C3CCOCC3)c2cc1Cc1cnn(C)c1.COc1cc2nccc(Oc3cn(C4CC4)nc3C3CCOCC3)c2cc1Cc1cnn(C2COC2)c1.NS(=O)(=O)c1ccc(-c2ccc3c(Oc4cn(C5CC5)nc4C4CCOCC4)ccnc3c2)cc1. The summed E-state index contributed by atoms with van der Waals surface area (Å²) in [7, 11) is 3.10. The van der Waals surface area contributed by atoms with Gasteiger partial charge in [0.15, 0.2) is 23.0 Å². The lowest BCUT2D eigenvalue weighted by Crippen LogP contribution is -2.30. The van der Waals surface area contributed by atoms with Gasteiger partial charge in [-0.1, -0.05) is 18.2 Å². The Morgan fingerprint density at radius 1 is 0.368 bits per heavy atom. The zero-order valence-corrected chi connectivity index (χ0v) is 77.4. The van der Waals surface area contributed by atoms with Crippen molar-refractivity contribution in [2.24, 2.45) is 17.9 Å². The Morgan fingerprint density at radius 2 is 0.721 bits per heavy atom. The first-order valence-electron chi connectivity index (χ1n) is 47.2. The average Bonchev–Trinajstić information content (AvgIpc) is 1.67. The highest BCUT2D eigenvalue weighted by molar-refractivity contribution is 7.89. The highest BCUT2D eigenvalue weighted by Crippen LogP contribution is 2.49. The van der Waals surface area contributed by atoms with Crippen molar-refractivity contribution in [3.8, 4) is 74.4 Å². The number of pyridine rings is 4. The molecule has 5 aliphatic heterocycles. The molecule has 136 heavy (non-hydrogen) atoms. The van der Waals surface area contributed by atoms with Crippen molar-refractivity contribution in [2.45, 2.75) is 174 Å². The monoisotopic (exact) mass is 1860 g/mol. The molecular weight excluding hydrogens is 1750 g/mol. The average molecular weight is 1860 g/mol. The second kappa shape index (κ2) is 39.2. The molecule has 0 radical (unpaired) electrons. The molecule has 15 aromatic rings. The van der Waals surface area contributed by atoms with Gasteiger partial charge in [0.05, 0.1) is 134 Å². The summed E-state index contributed by atoms with van der Waals surface area (Å²) in [4.78, 5) is 30.1. The number of nitrogens with zero attached hydrogens (tertiary/aromatic N) is 16. The summed E-state index contributed by atoms with van der Waals surface area (Å²) < 4.78 is 106. The zero-order chi connectivity index (χ0) is 92.5. The lowest BCUT2D eigenvalue weighted by atomic mass is 9.96. The first-order valence-corrected chi connectivity index (χ1v) is 48.7. The number of hydrogen-bond acceptors (Lipinski definition) is 25. The van der Waals surface area contributed by atoms with E-state index in [9.17, 15) is 13.2 Å². The molecule has 1 amide bonds. The molecule has 0 spiro atoms. The molecule has 0 atom stereocenters. The molecule has 4 saturated carbocycles. The molecule has 10 aromatic heterocycles. The quantitative estimate of drug-likeness (QED) is 0.0483. The Labute approximate surface area is 786 Å². The van der Waals surface area contributed by atoms with Crippen molar-refractivity contribution < 1.29 is 70.1 Å². The Hall–Kier alpha value is -13.2.